The Labute approximate surface area is 131 Å². The quantitative estimate of drug-likeness (QED) is 0.839. The number of rotatable bonds is 3. The Kier molecular flexibility index (Phi) is 5.82. The van der Waals surface area contributed by atoms with Gasteiger partial charge < -0.3 is 5.73 Å². The van der Waals surface area contributed by atoms with Crippen LogP contribution in [0.5, 0.6) is 0 Å². The van der Waals surface area contributed by atoms with Crippen LogP contribution in [0.4, 0.5) is 17.6 Å². The molecule has 0 aliphatic carbocycles. The van der Waals surface area contributed by atoms with E-state index in [9.17, 15) is 26.0 Å². The molecule has 1 aliphatic heterocycles. The molecule has 126 valence electrons. The van der Waals surface area contributed by atoms with E-state index in [0.29, 0.717) is 24.6 Å². The summed E-state index contributed by atoms with van der Waals surface area (Å²) >= 11 is 0. The molecule has 10 heteroatoms. The van der Waals surface area contributed by atoms with E-state index in [1.54, 1.807) is 0 Å². The lowest BCUT2D eigenvalue weighted by atomic mass is 10.1. The molecular weight excluding hydrogens is 348 g/mol. The molecule has 4 nitrogen and oxygen atoms in total. The average molecular weight is 363 g/mol. The highest BCUT2D eigenvalue weighted by molar-refractivity contribution is 7.89. The van der Waals surface area contributed by atoms with E-state index < -0.39 is 32.5 Å². The molecule has 0 amide bonds. The smallest absolute Gasteiger partial charge is 0.330 e. The van der Waals surface area contributed by atoms with Crippen LogP contribution in [0.15, 0.2) is 23.1 Å². The molecule has 1 aromatic rings. The Morgan fingerprint density at radius 3 is 2.45 bits per heavy atom. The van der Waals surface area contributed by atoms with Crippen LogP contribution in [0.25, 0.3) is 0 Å². The first-order chi connectivity index (χ1) is 9.66. The maximum atomic E-state index is 13.7. The van der Waals surface area contributed by atoms with Crippen molar-refractivity contribution in [3.05, 3.63) is 29.6 Å². The van der Waals surface area contributed by atoms with Gasteiger partial charge in [0.15, 0.2) is 0 Å². The van der Waals surface area contributed by atoms with E-state index in [1.165, 1.54) is 0 Å². The Balaban J connectivity index is 0.00000242. The second-order valence-electron chi connectivity index (χ2n) is 4.90. The second kappa shape index (κ2) is 6.69. The van der Waals surface area contributed by atoms with Gasteiger partial charge in [0.25, 0.3) is 0 Å². The first kappa shape index (κ1) is 19.1. The number of nitrogens with zero attached hydrogens (tertiary/aromatic N) is 1. The minimum absolute atomic E-state index is 0. The number of alkyl halides is 3. The summed E-state index contributed by atoms with van der Waals surface area (Å²) in [6.45, 7) is 0.492. The molecule has 0 radical (unpaired) electrons. The van der Waals surface area contributed by atoms with Crippen LogP contribution >= 0.6 is 12.4 Å². The maximum absolute atomic E-state index is 13.7. The number of benzene rings is 1. The van der Waals surface area contributed by atoms with Gasteiger partial charge in [0.1, 0.15) is 10.7 Å². The van der Waals surface area contributed by atoms with E-state index in [4.69, 9.17) is 5.73 Å². The molecule has 1 unspecified atom stereocenters. The molecule has 0 aromatic heterocycles. The number of hydrogen-bond donors (Lipinski definition) is 1. The number of halogens is 5. The predicted octanol–water partition coefficient (Wildman–Crippen LogP) is 2.24. The van der Waals surface area contributed by atoms with E-state index in [0.717, 1.165) is 4.31 Å². The highest BCUT2D eigenvalue weighted by Crippen LogP contribution is 2.33. The molecular formula is C12H15ClF4N2O2S. The lowest BCUT2D eigenvalue weighted by Gasteiger charge is -2.18. The van der Waals surface area contributed by atoms with Crippen molar-refractivity contribution < 1.29 is 26.0 Å². The third-order valence-corrected chi connectivity index (χ3v) is 5.34. The van der Waals surface area contributed by atoms with Gasteiger partial charge in [-0.25, -0.2) is 12.8 Å². The Morgan fingerprint density at radius 1 is 1.32 bits per heavy atom. The molecule has 2 rings (SSSR count). The van der Waals surface area contributed by atoms with E-state index in [1.807, 2.05) is 0 Å². The van der Waals surface area contributed by atoms with Gasteiger partial charge in [0, 0.05) is 13.1 Å². The molecule has 22 heavy (non-hydrogen) atoms. The van der Waals surface area contributed by atoms with E-state index >= 15 is 0 Å². The summed E-state index contributed by atoms with van der Waals surface area (Å²) in [7, 11) is -4.29. The highest BCUT2D eigenvalue weighted by Gasteiger charge is 2.37. The summed E-state index contributed by atoms with van der Waals surface area (Å²) in [5, 5.41) is 0. The monoisotopic (exact) mass is 362 g/mol. The molecule has 1 saturated heterocycles. The van der Waals surface area contributed by atoms with Crippen LogP contribution in [-0.2, 0) is 16.2 Å². The first-order valence-corrected chi connectivity index (χ1v) is 7.67. The maximum Gasteiger partial charge on any atom is 0.416 e. The van der Waals surface area contributed by atoms with Gasteiger partial charge >= 0.3 is 6.18 Å². The van der Waals surface area contributed by atoms with Crippen LogP contribution in [0, 0.1) is 11.7 Å². The van der Waals surface area contributed by atoms with Gasteiger partial charge in [0.05, 0.1) is 5.56 Å². The van der Waals surface area contributed by atoms with Crippen molar-refractivity contribution in [3.8, 4) is 0 Å². The highest BCUT2D eigenvalue weighted by atomic mass is 35.5. The molecule has 1 aliphatic rings. The fraction of sp³-hybridized carbons (Fsp3) is 0.500. The molecule has 0 saturated carbocycles. The minimum Gasteiger partial charge on any atom is -0.330 e. The van der Waals surface area contributed by atoms with Gasteiger partial charge in [-0.3, -0.25) is 0 Å². The predicted molar refractivity (Wildman–Crippen MR) is 74.6 cm³/mol. The van der Waals surface area contributed by atoms with Gasteiger partial charge in [-0.15, -0.1) is 12.4 Å². The summed E-state index contributed by atoms with van der Waals surface area (Å²) in [6.07, 6.45) is -4.22. The fourth-order valence-corrected chi connectivity index (χ4v) is 3.85. The topological polar surface area (TPSA) is 63.4 Å². The van der Waals surface area contributed by atoms with Crippen LogP contribution in [0.2, 0.25) is 0 Å². The van der Waals surface area contributed by atoms with Crippen molar-refractivity contribution in [2.75, 3.05) is 19.6 Å². The molecule has 0 bridgehead atoms. The van der Waals surface area contributed by atoms with Crippen molar-refractivity contribution >= 4 is 22.4 Å². The standard InChI is InChI=1S/C12H14F4N2O2S.ClH/c13-10-2-1-9(12(14,15)16)5-11(10)21(19,20)18-4-3-8(6-17)7-18;/h1-2,5,8H,3-4,6-7,17H2;1H. The zero-order valence-electron chi connectivity index (χ0n) is 11.3. The SMILES string of the molecule is Cl.NCC1CCN(S(=O)(=O)c2cc(C(F)(F)F)ccc2F)C1. The fourth-order valence-electron chi connectivity index (χ4n) is 2.22. The van der Waals surface area contributed by atoms with Crippen LogP contribution < -0.4 is 5.73 Å². The Morgan fingerprint density at radius 2 is 1.95 bits per heavy atom. The van der Waals surface area contributed by atoms with Gasteiger partial charge in [-0.1, -0.05) is 0 Å². The molecule has 1 atom stereocenters. The zero-order valence-corrected chi connectivity index (χ0v) is 12.9. The van der Waals surface area contributed by atoms with Crippen molar-refractivity contribution in [2.24, 2.45) is 11.7 Å². The second-order valence-corrected chi connectivity index (χ2v) is 6.80. The average Bonchev–Trinajstić information content (AvgIpc) is 2.87. The number of hydrogen-bond acceptors (Lipinski definition) is 3. The molecule has 1 aromatic carbocycles. The summed E-state index contributed by atoms with van der Waals surface area (Å²) in [5.74, 6) is -1.26. The largest absolute Gasteiger partial charge is 0.416 e. The summed E-state index contributed by atoms with van der Waals surface area (Å²) in [6, 6.07) is 1.37. The lowest BCUT2D eigenvalue weighted by molar-refractivity contribution is -0.137. The molecule has 1 fully saturated rings. The van der Waals surface area contributed by atoms with Crippen LogP contribution in [-0.4, -0.2) is 32.4 Å². The minimum atomic E-state index is -4.73. The zero-order chi connectivity index (χ0) is 15.8. The van der Waals surface area contributed by atoms with Gasteiger partial charge in [-0.05, 0) is 37.1 Å². The van der Waals surface area contributed by atoms with Crippen molar-refractivity contribution in [2.45, 2.75) is 17.5 Å². The summed E-state index contributed by atoms with van der Waals surface area (Å²) in [4.78, 5) is -0.949. The molecule has 0 spiro atoms. The first-order valence-electron chi connectivity index (χ1n) is 6.23. The summed E-state index contributed by atoms with van der Waals surface area (Å²) < 4.78 is 77.1. The molecule has 2 N–H and O–H groups in total. The third-order valence-electron chi connectivity index (χ3n) is 3.46. The number of sulfonamides is 1. The van der Waals surface area contributed by atoms with E-state index in [2.05, 4.69) is 0 Å². The van der Waals surface area contributed by atoms with Crippen molar-refractivity contribution in [1.82, 2.24) is 4.31 Å². The summed E-state index contributed by atoms with van der Waals surface area (Å²) in [5.41, 5.74) is 4.25. The van der Waals surface area contributed by atoms with Crippen LogP contribution in [0.1, 0.15) is 12.0 Å². The third kappa shape index (κ3) is 3.70. The van der Waals surface area contributed by atoms with Crippen molar-refractivity contribution in [1.29, 1.82) is 0 Å². The normalized spacial score (nSPS) is 20.0. The van der Waals surface area contributed by atoms with Gasteiger partial charge in [-0.2, -0.15) is 17.5 Å². The number of nitrogens with two attached hydrogens (primary N) is 1. The van der Waals surface area contributed by atoms with Crippen molar-refractivity contribution in [3.63, 3.8) is 0 Å². The van der Waals surface area contributed by atoms with E-state index in [-0.39, 0.29) is 38.0 Å². The van der Waals surface area contributed by atoms with Crippen LogP contribution in [0.3, 0.4) is 0 Å². The molecule has 1 heterocycles. The van der Waals surface area contributed by atoms with Gasteiger partial charge in [0.2, 0.25) is 10.0 Å². The Bertz CT molecular complexity index is 637. The lowest BCUT2D eigenvalue weighted by Crippen LogP contribution is -2.30. The Hall–Kier alpha value is -0.900.